The van der Waals surface area contributed by atoms with Crippen LogP contribution >= 0.6 is 0 Å². The van der Waals surface area contributed by atoms with Gasteiger partial charge in [0.15, 0.2) is 0 Å². The molecule has 0 fully saturated rings. The van der Waals surface area contributed by atoms with E-state index >= 15 is 0 Å². The molecule has 0 radical (unpaired) electrons. The van der Waals surface area contributed by atoms with Crippen molar-refractivity contribution < 1.29 is 13.5 Å². The third-order valence-corrected chi connectivity index (χ3v) is 5.69. The molecule has 0 saturated carbocycles. The summed E-state index contributed by atoms with van der Waals surface area (Å²) >= 11 is 0. The van der Waals surface area contributed by atoms with Gasteiger partial charge in [-0.1, -0.05) is 34.3 Å². The van der Waals surface area contributed by atoms with Crippen LogP contribution in [0.3, 0.4) is 0 Å². The van der Waals surface area contributed by atoms with Gasteiger partial charge in [0.05, 0.1) is 6.61 Å². The Morgan fingerprint density at radius 1 is 1.09 bits per heavy atom. The van der Waals surface area contributed by atoms with Gasteiger partial charge >= 0.3 is 0 Å². The summed E-state index contributed by atoms with van der Waals surface area (Å²) in [4.78, 5) is 11.0. The molecular weight excluding hydrogens is 438 g/mol. The van der Waals surface area contributed by atoms with E-state index in [0.717, 1.165) is 57.7 Å². The Kier molecular flexibility index (Phi) is 12.0. The van der Waals surface area contributed by atoms with Crippen LogP contribution in [0.1, 0.15) is 64.6 Å². The van der Waals surface area contributed by atoms with E-state index in [-0.39, 0.29) is 24.5 Å². The van der Waals surface area contributed by atoms with E-state index in [1.54, 1.807) is 0 Å². The van der Waals surface area contributed by atoms with Crippen molar-refractivity contribution in [1.29, 1.82) is 0 Å². The lowest BCUT2D eigenvalue weighted by atomic mass is 10.1. The molecule has 0 amide bonds. The summed E-state index contributed by atoms with van der Waals surface area (Å²) in [7, 11) is 0. The fourth-order valence-electron chi connectivity index (χ4n) is 3.91. The van der Waals surface area contributed by atoms with Crippen LogP contribution in [0.25, 0.3) is 0 Å². The van der Waals surface area contributed by atoms with Crippen LogP contribution in [0.5, 0.6) is 0 Å². The van der Waals surface area contributed by atoms with E-state index in [1.165, 1.54) is 0 Å². The van der Waals surface area contributed by atoms with Crippen molar-refractivity contribution in [1.82, 2.24) is 20.2 Å². The van der Waals surface area contributed by atoms with Crippen molar-refractivity contribution in [2.24, 2.45) is 5.92 Å². The number of fused-ring (bicyclic) bond motifs is 1. The van der Waals surface area contributed by atoms with E-state index in [1.807, 2.05) is 0 Å². The number of hydrogen-bond acceptors (Lipinski definition) is 7. The first-order chi connectivity index (χ1) is 16.3. The molecule has 3 N–H and O–H groups in total. The monoisotopic (exact) mass is 482 g/mol. The molecule has 1 aliphatic rings. The Hall–Kier alpha value is -2.00. The zero-order chi connectivity index (χ0) is 25.0. The molecule has 1 heterocycles. The van der Waals surface area contributed by atoms with Gasteiger partial charge in [-0.2, -0.15) is 13.8 Å². The van der Waals surface area contributed by atoms with Crippen molar-refractivity contribution in [3.8, 4) is 0 Å². The molecule has 1 aromatic rings. The third kappa shape index (κ3) is 9.33. The Morgan fingerprint density at radius 2 is 1.88 bits per heavy atom. The Morgan fingerprint density at radius 3 is 2.59 bits per heavy atom. The topological polar surface area (TPSA) is 74.3 Å². The molecule has 7 nitrogen and oxygen atoms in total. The molecule has 9 heteroatoms. The Labute approximate surface area is 204 Å². The maximum Gasteiger partial charge on any atom is 0.290 e. The van der Waals surface area contributed by atoms with E-state index < -0.39 is 5.92 Å². The summed E-state index contributed by atoms with van der Waals surface area (Å²) < 4.78 is 34.4. The smallest absolute Gasteiger partial charge is 0.290 e. The van der Waals surface area contributed by atoms with E-state index in [0.29, 0.717) is 37.0 Å². The van der Waals surface area contributed by atoms with Gasteiger partial charge in [-0.05, 0) is 38.1 Å². The van der Waals surface area contributed by atoms with Crippen LogP contribution in [0.15, 0.2) is 12.3 Å². The number of alkyl halides is 2. The molecule has 1 aliphatic carbocycles. The van der Waals surface area contributed by atoms with Gasteiger partial charge in [-0.15, -0.1) is 0 Å². The molecule has 34 heavy (non-hydrogen) atoms. The average Bonchev–Trinajstić information content (AvgIpc) is 3.08. The lowest BCUT2D eigenvalue weighted by molar-refractivity contribution is -0.00587. The molecule has 0 atom stereocenters. The number of anilines is 2. The maximum absolute atomic E-state index is 14.4. The molecular formula is C25H44F2N6O. The summed E-state index contributed by atoms with van der Waals surface area (Å²) in [5, 5.41) is 9.76. The fourth-order valence-corrected chi connectivity index (χ4v) is 3.91. The average molecular weight is 483 g/mol. The minimum atomic E-state index is -2.90. The van der Waals surface area contributed by atoms with Gasteiger partial charge in [0, 0.05) is 57.0 Å². The van der Waals surface area contributed by atoms with Crippen LogP contribution in [0.4, 0.5) is 20.5 Å². The summed E-state index contributed by atoms with van der Waals surface area (Å²) in [6, 6.07) is 0. The summed E-state index contributed by atoms with van der Waals surface area (Å²) in [5.74, 6) is -1.59. The fraction of sp³-hybridized carbons (Fsp3) is 0.760. The van der Waals surface area contributed by atoms with Crippen LogP contribution in [0.2, 0.25) is 0 Å². The van der Waals surface area contributed by atoms with Crippen molar-refractivity contribution >= 4 is 11.8 Å². The zero-order valence-electron chi connectivity index (χ0n) is 21.5. The zero-order valence-corrected chi connectivity index (χ0v) is 21.5. The van der Waals surface area contributed by atoms with E-state index in [2.05, 4.69) is 65.1 Å². The molecule has 1 aromatic heterocycles. The van der Waals surface area contributed by atoms with Gasteiger partial charge in [0.25, 0.3) is 5.92 Å². The number of nitrogens with zero attached hydrogens (tertiary/aromatic N) is 3. The highest BCUT2D eigenvalue weighted by Gasteiger charge is 2.43. The second-order valence-electron chi connectivity index (χ2n) is 9.38. The molecule has 0 saturated heterocycles. The van der Waals surface area contributed by atoms with Gasteiger partial charge < -0.3 is 20.7 Å². The first-order valence-electron chi connectivity index (χ1n) is 12.8. The second kappa shape index (κ2) is 14.4. The van der Waals surface area contributed by atoms with Crippen molar-refractivity contribution in [2.45, 2.75) is 65.7 Å². The van der Waals surface area contributed by atoms with Crippen molar-refractivity contribution in [3.05, 3.63) is 23.5 Å². The van der Waals surface area contributed by atoms with E-state index in [4.69, 9.17) is 4.74 Å². The molecule has 0 aliphatic heterocycles. The highest BCUT2D eigenvalue weighted by Crippen LogP contribution is 2.43. The SMILES string of the molecule is C=C(CN(CCC)CCNc1nc(NCCC(C)C)nc2c1CCC2(F)F)NCCOCCC. The number of hydrogen-bond donors (Lipinski definition) is 3. The minimum absolute atomic E-state index is 0.134. The quantitative estimate of drug-likeness (QED) is 0.264. The molecule has 0 unspecified atom stereocenters. The summed E-state index contributed by atoms with van der Waals surface area (Å²) in [5.41, 5.74) is 1.36. The Balaban J connectivity index is 1.94. The largest absolute Gasteiger partial charge is 0.385 e. The predicted octanol–water partition coefficient (Wildman–Crippen LogP) is 4.63. The van der Waals surface area contributed by atoms with Gasteiger partial charge in [-0.25, -0.2) is 4.98 Å². The minimum Gasteiger partial charge on any atom is -0.385 e. The standard InChI is InChI=1S/C25H44F2N6O/c1-6-14-33(18-20(5)28-13-17-34-16-7-2)15-12-29-23-21-8-10-25(26,27)22(21)31-24(32-23)30-11-9-19(3)4/h19,28H,5-18H2,1-4H3,(H2,29,30,31,32). The number of aromatic nitrogens is 2. The number of nitrogens with one attached hydrogen (secondary N) is 3. The van der Waals surface area contributed by atoms with Gasteiger partial charge in [0.1, 0.15) is 11.5 Å². The van der Waals surface area contributed by atoms with Crippen molar-refractivity contribution in [2.75, 3.05) is 63.1 Å². The highest BCUT2D eigenvalue weighted by atomic mass is 19.3. The number of ether oxygens (including phenoxy) is 1. The molecule has 0 bridgehead atoms. The molecule has 2 rings (SSSR count). The lowest BCUT2D eigenvalue weighted by Gasteiger charge is -2.24. The second-order valence-corrected chi connectivity index (χ2v) is 9.38. The van der Waals surface area contributed by atoms with E-state index in [9.17, 15) is 8.78 Å². The van der Waals surface area contributed by atoms with Crippen LogP contribution in [-0.2, 0) is 17.1 Å². The van der Waals surface area contributed by atoms with Gasteiger partial charge in [0.2, 0.25) is 5.95 Å². The van der Waals surface area contributed by atoms with Crippen molar-refractivity contribution in [3.63, 3.8) is 0 Å². The normalized spacial score (nSPS) is 14.5. The van der Waals surface area contributed by atoms with Gasteiger partial charge in [-0.3, -0.25) is 4.90 Å². The summed E-state index contributed by atoms with van der Waals surface area (Å²) in [6.45, 7) is 18.5. The molecule has 0 spiro atoms. The third-order valence-electron chi connectivity index (χ3n) is 5.69. The number of halogens is 2. The number of rotatable bonds is 18. The predicted molar refractivity (Wildman–Crippen MR) is 136 cm³/mol. The lowest BCUT2D eigenvalue weighted by Crippen LogP contribution is -2.35. The van der Waals surface area contributed by atoms with Crippen LogP contribution in [-0.4, -0.2) is 67.4 Å². The first-order valence-corrected chi connectivity index (χ1v) is 12.8. The Bertz CT molecular complexity index is 759. The van der Waals surface area contributed by atoms with Crippen LogP contribution < -0.4 is 16.0 Å². The summed E-state index contributed by atoms with van der Waals surface area (Å²) in [6.07, 6.45) is 3.04. The molecule has 0 aromatic carbocycles. The molecule has 194 valence electrons. The van der Waals surface area contributed by atoms with Crippen LogP contribution in [0, 0.1) is 5.92 Å². The highest BCUT2D eigenvalue weighted by molar-refractivity contribution is 5.54. The first kappa shape index (κ1) is 28.2. The maximum atomic E-state index is 14.4.